The van der Waals surface area contributed by atoms with Crippen LogP contribution in [0.4, 0.5) is 5.82 Å². The van der Waals surface area contributed by atoms with Crippen LogP contribution in [-0.2, 0) is 16.3 Å². The molecule has 0 radical (unpaired) electrons. The van der Waals surface area contributed by atoms with Crippen LogP contribution in [0.25, 0.3) is 0 Å². The Balaban J connectivity index is 2.06. The zero-order valence-corrected chi connectivity index (χ0v) is 11.5. The lowest BCUT2D eigenvalue weighted by atomic mass is 10.3. The second-order valence-corrected chi connectivity index (χ2v) is 6.48. The molecule has 18 heavy (non-hydrogen) atoms. The maximum absolute atomic E-state index is 11.6. The minimum Gasteiger partial charge on any atom is -0.369 e. The number of pyridine rings is 1. The van der Waals surface area contributed by atoms with E-state index in [0.29, 0.717) is 12.4 Å². The first-order valence-corrected chi connectivity index (χ1v) is 8.17. The summed E-state index contributed by atoms with van der Waals surface area (Å²) in [4.78, 5) is 8.44. The van der Waals surface area contributed by atoms with E-state index in [2.05, 4.69) is 15.3 Å². The summed E-state index contributed by atoms with van der Waals surface area (Å²) in [6.07, 6.45) is 3.48. The molecule has 0 aliphatic carbocycles. The molecule has 2 rings (SSSR count). The fraction of sp³-hybridized carbons (Fsp3) is 0.273. The molecule has 0 aliphatic heterocycles. The van der Waals surface area contributed by atoms with Gasteiger partial charge in [-0.25, -0.2) is 18.4 Å². The van der Waals surface area contributed by atoms with E-state index in [1.54, 1.807) is 35.2 Å². The summed E-state index contributed by atoms with van der Waals surface area (Å²) >= 11 is 1.54. The Morgan fingerprint density at radius 3 is 2.89 bits per heavy atom. The average molecular weight is 283 g/mol. The number of nitrogens with one attached hydrogen (secondary N) is 1. The Labute approximate surface area is 110 Å². The molecule has 0 aliphatic rings. The Kier molecular flexibility index (Phi) is 3.93. The normalized spacial score (nSPS) is 11.4. The molecule has 2 aromatic rings. The van der Waals surface area contributed by atoms with E-state index < -0.39 is 9.84 Å². The van der Waals surface area contributed by atoms with Gasteiger partial charge in [0.15, 0.2) is 9.84 Å². The van der Waals surface area contributed by atoms with Crippen molar-refractivity contribution in [3.8, 4) is 0 Å². The zero-order chi connectivity index (χ0) is 13.0. The minimum atomic E-state index is -3.26. The number of hydrogen-bond donors (Lipinski definition) is 1. The molecule has 0 aromatic carbocycles. The Hall–Kier alpha value is -1.47. The van der Waals surface area contributed by atoms with Gasteiger partial charge in [0.2, 0.25) is 0 Å². The van der Waals surface area contributed by atoms with Crippen LogP contribution in [-0.4, -0.2) is 31.2 Å². The summed E-state index contributed by atoms with van der Waals surface area (Å²) in [5, 5.41) is 5.00. The van der Waals surface area contributed by atoms with Gasteiger partial charge in [-0.3, -0.25) is 0 Å². The molecule has 7 heteroatoms. The van der Waals surface area contributed by atoms with Crippen molar-refractivity contribution in [3.63, 3.8) is 0 Å². The van der Waals surface area contributed by atoms with Crippen LogP contribution in [0.1, 0.15) is 5.69 Å². The lowest BCUT2D eigenvalue weighted by Crippen LogP contribution is -2.10. The van der Waals surface area contributed by atoms with Gasteiger partial charge >= 0.3 is 0 Å². The highest BCUT2D eigenvalue weighted by atomic mass is 32.2. The first-order valence-electron chi connectivity index (χ1n) is 5.33. The van der Waals surface area contributed by atoms with Crippen molar-refractivity contribution in [2.45, 2.75) is 11.3 Å². The summed E-state index contributed by atoms with van der Waals surface area (Å²) in [6.45, 7) is 0.600. The van der Waals surface area contributed by atoms with Gasteiger partial charge in [-0.15, -0.1) is 11.3 Å². The second-order valence-electron chi connectivity index (χ2n) is 3.78. The van der Waals surface area contributed by atoms with Crippen molar-refractivity contribution >= 4 is 27.0 Å². The molecule has 0 saturated heterocycles. The van der Waals surface area contributed by atoms with E-state index in [1.807, 2.05) is 5.38 Å². The summed E-state index contributed by atoms with van der Waals surface area (Å²) in [7, 11) is -3.26. The fourth-order valence-electron chi connectivity index (χ4n) is 1.49. The van der Waals surface area contributed by atoms with Crippen molar-refractivity contribution in [2.24, 2.45) is 0 Å². The molecule has 0 bridgehead atoms. The molecule has 0 amide bonds. The second kappa shape index (κ2) is 5.45. The van der Waals surface area contributed by atoms with Crippen LogP contribution in [0, 0.1) is 0 Å². The average Bonchev–Trinajstić information content (AvgIpc) is 2.81. The fourth-order valence-corrected chi connectivity index (χ4v) is 2.89. The number of rotatable bonds is 5. The summed E-state index contributed by atoms with van der Waals surface area (Å²) in [5.41, 5.74) is 2.77. The molecule has 1 N–H and O–H groups in total. The van der Waals surface area contributed by atoms with E-state index in [-0.39, 0.29) is 4.90 Å². The highest BCUT2D eigenvalue weighted by Crippen LogP contribution is 2.17. The van der Waals surface area contributed by atoms with E-state index in [1.165, 1.54) is 6.26 Å². The zero-order valence-electron chi connectivity index (χ0n) is 9.83. The Bertz CT molecular complexity index is 609. The molecular weight excluding hydrogens is 270 g/mol. The SMILES string of the molecule is CS(=O)(=O)c1cccnc1NCCc1cscn1. The van der Waals surface area contributed by atoms with Gasteiger partial charge < -0.3 is 5.32 Å². The number of thiazole rings is 1. The van der Waals surface area contributed by atoms with Gasteiger partial charge in [0.25, 0.3) is 0 Å². The summed E-state index contributed by atoms with van der Waals surface area (Å²) < 4.78 is 23.1. The largest absolute Gasteiger partial charge is 0.369 e. The maximum Gasteiger partial charge on any atom is 0.179 e. The monoisotopic (exact) mass is 283 g/mol. The first-order chi connectivity index (χ1) is 8.57. The topological polar surface area (TPSA) is 72.0 Å². The highest BCUT2D eigenvalue weighted by Gasteiger charge is 2.13. The van der Waals surface area contributed by atoms with Gasteiger partial charge in [0.1, 0.15) is 10.7 Å². The molecule has 0 fully saturated rings. The number of aromatic nitrogens is 2. The van der Waals surface area contributed by atoms with Crippen LogP contribution >= 0.6 is 11.3 Å². The number of hydrogen-bond acceptors (Lipinski definition) is 6. The molecule has 2 aromatic heterocycles. The summed E-state index contributed by atoms with van der Waals surface area (Å²) in [6, 6.07) is 3.16. The predicted octanol–water partition coefficient (Wildman–Crippen LogP) is 1.60. The molecular formula is C11H13N3O2S2. The molecule has 2 heterocycles. The van der Waals surface area contributed by atoms with Gasteiger partial charge in [-0.2, -0.15) is 0 Å². The van der Waals surface area contributed by atoms with E-state index in [0.717, 1.165) is 12.1 Å². The number of nitrogens with zero attached hydrogens (tertiary/aromatic N) is 2. The third kappa shape index (κ3) is 3.27. The third-order valence-corrected chi connectivity index (χ3v) is 4.09. The lowest BCUT2D eigenvalue weighted by molar-refractivity contribution is 0.602. The summed E-state index contributed by atoms with van der Waals surface area (Å²) in [5.74, 6) is 0.398. The molecule has 0 spiro atoms. The van der Waals surface area contributed by atoms with Crippen LogP contribution in [0.5, 0.6) is 0 Å². The third-order valence-electron chi connectivity index (χ3n) is 2.33. The van der Waals surface area contributed by atoms with Crippen LogP contribution < -0.4 is 5.32 Å². The Morgan fingerprint density at radius 2 is 2.22 bits per heavy atom. The van der Waals surface area contributed by atoms with Gasteiger partial charge in [-0.1, -0.05) is 0 Å². The van der Waals surface area contributed by atoms with Crippen molar-refractivity contribution in [1.29, 1.82) is 0 Å². The van der Waals surface area contributed by atoms with Gasteiger partial charge in [0, 0.05) is 30.8 Å². The molecule has 0 unspecified atom stereocenters. The predicted molar refractivity (Wildman–Crippen MR) is 71.7 cm³/mol. The number of sulfone groups is 1. The van der Waals surface area contributed by atoms with Crippen molar-refractivity contribution in [2.75, 3.05) is 18.1 Å². The van der Waals surface area contributed by atoms with Crippen LogP contribution in [0.15, 0.2) is 34.1 Å². The molecule has 0 saturated carbocycles. The maximum atomic E-state index is 11.6. The van der Waals surface area contributed by atoms with E-state index >= 15 is 0 Å². The molecule has 96 valence electrons. The highest BCUT2D eigenvalue weighted by molar-refractivity contribution is 7.90. The van der Waals surface area contributed by atoms with Crippen molar-refractivity contribution in [1.82, 2.24) is 9.97 Å². The van der Waals surface area contributed by atoms with Crippen molar-refractivity contribution in [3.05, 3.63) is 34.9 Å². The van der Waals surface area contributed by atoms with Crippen molar-refractivity contribution < 1.29 is 8.42 Å². The van der Waals surface area contributed by atoms with E-state index in [4.69, 9.17) is 0 Å². The van der Waals surface area contributed by atoms with E-state index in [9.17, 15) is 8.42 Å². The first kappa shape index (κ1) is 13.0. The Morgan fingerprint density at radius 1 is 1.39 bits per heavy atom. The smallest absolute Gasteiger partial charge is 0.179 e. The van der Waals surface area contributed by atoms with Gasteiger partial charge in [0.05, 0.1) is 11.2 Å². The van der Waals surface area contributed by atoms with Gasteiger partial charge in [-0.05, 0) is 12.1 Å². The standard InChI is InChI=1S/C11H13N3O2S2/c1-18(15,16)10-3-2-5-12-11(10)13-6-4-9-7-17-8-14-9/h2-3,5,7-8H,4,6H2,1H3,(H,12,13). The van der Waals surface area contributed by atoms with Crippen LogP contribution in [0.3, 0.4) is 0 Å². The molecule has 0 atom stereocenters. The quantitative estimate of drug-likeness (QED) is 0.902. The minimum absolute atomic E-state index is 0.225. The number of anilines is 1. The molecule has 5 nitrogen and oxygen atoms in total. The lowest BCUT2D eigenvalue weighted by Gasteiger charge is -2.08. The van der Waals surface area contributed by atoms with Crippen LogP contribution in [0.2, 0.25) is 0 Å².